The number of aromatic nitrogens is 2. The van der Waals surface area contributed by atoms with Crippen molar-refractivity contribution in [3.05, 3.63) is 39.3 Å². The number of aromatic amines is 1. The zero-order valence-corrected chi connectivity index (χ0v) is 13.6. The van der Waals surface area contributed by atoms with E-state index in [1.807, 2.05) is 6.07 Å². The Labute approximate surface area is 138 Å². The molecule has 3 rings (SSSR count). The monoisotopic (exact) mass is 332 g/mol. The van der Waals surface area contributed by atoms with Crippen molar-refractivity contribution in [2.24, 2.45) is 0 Å². The largest absolute Gasteiger partial charge is 0.504 e. The molecule has 2 heterocycles. The number of phenolic OH excluding ortho intramolecular Hbond substituents is 1. The second-order valence-corrected chi connectivity index (χ2v) is 5.69. The Hall–Kier alpha value is -2.74. The van der Waals surface area contributed by atoms with Gasteiger partial charge in [-0.25, -0.2) is 4.98 Å². The number of hydrogen-bond donors (Lipinski definition) is 3. The summed E-state index contributed by atoms with van der Waals surface area (Å²) in [7, 11) is 3.00. The summed E-state index contributed by atoms with van der Waals surface area (Å²) in [6.07, 6.45) is 0.655. The first-order valence-electron chi connectivity index (χ1n) is 7.55. The Morgan fingerprint density at radius 3 is 2.88 bits per heavy atom. The maximum absolute atomic E-state index is 12.0. The van der Waals surface area contributed by atoms with Crippen molar-refractivity contribution in [3.8, 4) is 17.2 Å². The summed E-state index contributed by atoms with van der Waals surface area (Å²) in [4.78, 5) is 20.9. The number of rotatable bonds is 4. The van der Waals surface area contributed by atoms with Crippen LogP contribution in [0.1, 0.15) is 16.8 Å². The molecule has 24 heavy (non-hydrogen) atoms. The van der Waals surface area contributed by atoms with Crippen molar-refractivity contribution in [2.45, 2.75) is 19.5 Å². The van der Waals surface area contributed by atoms with Crippen molar-refractivity contribution in [2.75, 3.05) is 26.5 Å². The van der Waals surface area contributed by atoms with Gasteiger partial charge < -0.3 is 20.3 Å². The molecule has 0 spiro atoms. The van der Waals surface area contributed by atoms with Crippen LogP contribution in [-0.4, -0.2) is 40.7 Å². The molecular formula is C16H20N4O4. The first kappa shape index (κ1) is 16.1. The maximum atomic E-state index is 12.0. The summed E-state index contributed by atoms with van der Waals surface area (Å²) in [6.45, 7) is 1.79. The van der Waals surface area contributed by atoms with E-state index in [0.717, 1.165) is 17.8 Å². The van der Waals surface area contributed by atoms with Gasteiger partial charge in [-0.2, -0.15) is 0 Å². The topological polar surface area (TPSA) is 114 Å². The summed E-state index contributed by atoms with van der Waals surface area (Å²) in [5.74, 6) is 0.951. The van der Waals surface area contributed by atoms with Gasteiger partial charge in [-0.1, -0.05) is 0 Å². The molecule has 0 radical (unpaired) electrons. The maximum Gasteiger partial charge on any atom is 0.257 e. The van der Waals surface area contributed by atoms with Gasteiger partial charge in [0.2, 0.25) is 11.7 Å². The number of anilines is 1. The number of ether oxygens (including phenoxy) is 2. The van der Waals surface area contributed by atoms with E-state index in [1.165, 1.54) is 14.2 Å². The van der Waals surface area contributed by atoms with E-state index in [2.05, 4.69) is 14.9 Å². The third-order valence-corrected chi connectivity index (χ3v) is 4.09. The lowest BCUT2D eigenvalue weighted by Crippen LogP contribution is -2.35. The van der Waals surface area contributed by atoms with Crippen LogP contribution < -0.4 is 20.8 Å². The molecule has 1 aromatic heterocycles. The second-order valence-electron chi connectivity index (χ2n) is 5.69. The molecule has 1 aliphatic heterocycles. The summed E-state index contributed by atoms with van der Waals surface area (Å²) < 4.78 is 10.4. The Morgan fingerprint density at radius 2 is 2.17 bits per heavy atom. The highest BCUT2D eigenvalue weighted by Crippen LogP contribution is 2.37. The van der Waals surface area contributed by atoms with Crippen molar-refractivity contribution in [3.63, 3.8) is 0 Å². The molecule has 8 nitrogen and oxygen atoms in total. The third kappa shape index (κ3) is 3.00. The van der Waals surface area contributed by atoms with Crippen LogP contribution in [-0.2, 0) is 19.5 Å². The average Bonchev–Trinajstić information content (AvgIpc) is 2.54. The molecule has 0 fully saturated rings. The summed E-state index contributed by atoms with van der Waals surface area (Å²) >= 11 is 0. The van der Waals surface area contributed by atoms with Crippen LogP contribution in [0.4, 0.5) is 5.95 Å². The predicted octanol–water partition coefficient (Wildman–Crippen LogP) is 0.633. The third-order valence-electron chi connectivity index (χ3n) is 4.09. The van der Waals surface area contributed by atoms with Gasteiger partial charge in [0.25, 0.3) is 5.56 Å². The SMILES string of the molecule is COc1cc(CN2CCc3nc(N)[nH]c(=O)c3C2)cc(O)c1OC. The van der Waals surface area contributed by atoms with Gasteiger partial charge in [-0.15, -0.1) is 0 Å². The molecule has 1 aliphatic rings. The normalized spacial score (nSPS) is 14.2. The van der Waals surface area contributed by atoms with Crippen LogP contribution in [0, 0.1) is 0 Å². The number of nitrogens with two attached hydrogens (primary N) is 1. The standard InChI is InChI=1S/C16H20N4O4/c1-23-13-6-9(5-12(21)14(13)24-2)7-20-4-3-11-10(8-20)15(22)19-16(17)18-11/h5-6,21H,3-4,7-8H2,1-2H3,(H3,17,18,19,22). The highest BCUT2D eigenvalue weighted by atomic mass is 16.5. The lowest BCUT2D eigenvalue weighted by molar-refractivity contribution is 0.240. The van der Waals surface area contributed by atoms with Crippen LogP contribution in [0.2, 0.25) is 0 Å². The number of hydrogen-bond acceptors (Lipinski definition) is 7. The van der Waals surface area contributed by atoms with Crippen LogP contribution in [0.5, 0.6) is 17.2 Å². The van der Waals surface area contributed by atoms with Crippen molar-refractivity contribution < 1.29 is 14.6 Å². The molecule has 1 aromatic carbocycles. The van der Waals surface area contributed by atoms with Crippen molar-refractivity contribution >= 4 is 5.95 Å². The molecule has 8 heteroatoms. The van der Waals surface area contributed by atoms with Crippen LogP contribution >= 0.6 is 0 Å². The number of benzene rings is 1. The van der Waals surface area contributed by atoms with E-state index in [-0.39, 0.29) is 17.3 Å². The van der Waals surface area contributed by atoms with Crippen LogP contribution in [0.3, 0.4) is 0 Å². The molecule has 0 saturated carbocycles. The minimum atomic E-state index is -0.197. The smallest absolute Gasteiger partial charge is 0.257 e. The van der Waals surface area contributed by atoms with E-state index in [9.17, 15) is 9.90 Å². The Kier molecular flexibility index (Phi) is 4.30. The Bertz CT molecular complexity index is 818. The lowest BCUT2D eigenvalue weighted by atomic mass is 10.1. The van der Waals surface area contributed by atoms with Gasteiger partial charge in [0.05, 0.1) is 25.5 Å². The Morgan fingerprint density at radius 1 is 1.38 bits per heavy atom. The average molecular weight is 332 g/mol. The number of nitrogen functional groups attached to an aromatic ring is 1. The van der Waals surface area contributed by atoms with Gasteiger partial charge >= 0.3 is 0 Å². The van der Waals surface area contributed by atoms with Gasteiger partial charge in [0.15, 0.2) is 11.5 Å². The Balaban J connectivity index is 1.83. The molecule has 128 valence electrons. The summed E-state index contributed by atoms with van der Waals surface area (Å²) in [5, 5.41) is 10.1. The fourth-order valence-electron chi connectivity index (χ4n) is 2.98. The van der Waals surface area contributed by atoms with E-state index < -0.39 is 0 Å². The molecule has 0 bridgehead atoms. The van der Waals surface area contributed by atoms with Crippen LogP contribution in [0.15, 0.2) is 16.9 Å². The van der Waals surface area contributed by atoms with Gasteiger partial charge in [0, 0.05) is 26.1 Å². The van der Waals surface area contributed by atoms with Crippen molar-refractivity contribution in [1.29, 1.82) is 0 Å². The summed E-state index contributed by atoms with van der Waals surface area (Å²) in [6, 6.07) is 3.46. The zero-order chi connectivity index (χ0) is 17.3. The molecule has 0 atom stereocenters. The highest BCUT2D eigenvalue weighted by Gasteiger charge is 2.22. The molecule has 0 saturated heterocycles. The second kappa shape index (κ2) is 6.40. The molecule has 2 aromatic rings. The summed E-state index contributed by atoms with van der Waals surface area (Å²) in [5.41, 5.74) is 7.65. The van der Waals surface area contributed by atoms with Gasteiger partial charge in [-0.3, -0.25) is 14.7 Å². The van der Waals surface area contributed by atoms with E-state index in [1.54, 1.807) is 6.07 Å². The van der Waals surface area contributed by atoms with Crippen molar-refractivity contribution in [1.82, 2.24) is 14.9 Å². The lowest BCUT2D eigenvalue weighted by Gasteiger charge is -2.27. The zero-order valence-electron chi connectivity index (χ0n) is 13.6. The fourth-order valence-corrected chi connectivity index (χ4v) is 2.98. The first-order chi connectivity index (χ1) is 11.5. The molecule has 0 aliphatic carbocycles. The van der Waals surface area contributed by atoms with E-state index in [4.69, 9.17) is 15.2 Å². The predicted molar refractivity (Wildman–Crippen MR) is 88.3 cm³/mol. The highest BCUT2D eigenvalue weighted by molar-refractivity contribution is 5.53. The molecule has 4 N–H and O–H groups in total. The van der Waals surface area contributed by atoms with Gasteiger partial charge in [0.1, 0.15) is 0 Å². The number of nitrogens with zero attached hydrogens (tertiary/aromatic N) is 2. The first-order valence-corrected chi connectivity index (χ1v) is 7.55. The minimum Gasteiger partial charge on any atom is -0.504 e. The fraction of sp³-hybridized carbons (Fsp3) is 0.375. The number of aromatic hydroxyl groups is 1. The minimum absolute atomic E-state index is 0.0246. The number of phenols is 1. The van der Waals surface area contributed by atoms with Gasteiger partial charge in [-0.05, 0) is 17.7 Å². The van der Waals surface area contributed by atoms with E-state index >= 15 is 0 Å². The van der Waals surface area contributed by atoms with Crippen LogP contribution in [0.25, 0.3) is 0 Å². The van der Waals surface area contributed by atoms with E-state index in [0.29, 0.717) is 36.6 Å². The number of H-pyrrole nitrogens is 1. The molecular weight excluding hydrogens is 312 g/mol. The number of methoxy groups -OCH3 is 2. The quantitative estimate of drug-likeness (QED) is 0.752. The number of nitrogens with one attached hydrogen (secondary N) is 1. The molecule has 0 amide bonds. The molecule has 0 unspecified atom stereocenters. The number of fused-ring (bicyclic) bond motifs is 1.